The highest BCUT2D eigenvalue weighted by atomic mass is 79.9. The Labute approximate surface area is 244 Å². The van der Waals surface area contributed by atoms with Crippen LogP contribution in [-0.4, -0.2) is 45.0 Å². The van der Waals surface area contributed by atoms with E-state index in [2.05, 4.69) is 40.4 Å². The number of carbonyl (C=O) groups excluding carboxylic acids is 1. The fraction of sp³-hybridized carbons (Fsp3) is 0.581. The summed E-state index contributed by atoms with van der Waals surface area (Å²) in [6.45, 7) is 4.31. The van der Waals surface area contributed by atoms with E-state index in [0.717, 1.165) is 85.6 Å². The minimum atomic E-state index is -3.53. The van der Waals surface area contributed by atoms with Gasteiger partial charge >= 0.3 is 0 Å². The number of unbranched alkanes of at least 4 members (excludes halogenated alkanes) is 4. The molecule has 0 saturated carbocycles. The molecule has 1 unspecified atom stereocenters. The molecule has 0 bridgehead atoms. The molecule has 0 saturated heterocycles. The van der Waals surface area contributed by atoms with E-state index >= 15 is 0 Å². The zero-order valence-corrected chi connectivity index (χ0v) is 26.5. The van der Waals surface area contributed by atoms with Gasteiger partial charge in [-0.15, -0.1) is 0 Å². The van der Waals surface area contributed by atoms with Crippen LogP contribution in [0.1, 0.15) is 95.2 Å². The molecule has 2 aromatic carbocycles. The van der Waals surface area contributed by atoms with Crippen LogP contribution < -0.4 is 15.5 Å². The van der Waals surface area contributed by atoms with Crippen molar-refractivity contribution in [3.8, 4) is 0 Å². The highest BCUT2D eigenvalue weighted by molar-refractivity contribution is 9.09. The molecule has 39 heavy (non-hydrogen) atoms. The zero-order chi connectivity index (χ0) is 28.5. The molecule has 0 aliphatic carbocycles. The summed E-state index contributed by atoms with van der Waals surface area (Å²) in [6, 6.07) is 13.3. The smallest absolute Gasteiger partial charge is 0.224 e. The summed E-state index contributed by atoms with van der Waals surface area (Å²) >= 11 is 3.44. The fourth-order valence-corrected chi connectivity index (χ4v) is 7.94. The van der Waals surface area contributed by atoms with E-state index in [9.17, 15) is 13.2 Å². The second-order valence-electron chi connectivity index (χ2n) is 11.1. The van der Waals surface area contributed by atoms with Gasteiger partial charge in [-0.2, -0.15) is 0 Å². The van der Waals surface area contributed by atoms with Crippen molar-refractivity contribution >= 4 is 43.0 Å². The van der Waals surface area contributed by atoms with Crippen molar-refractivity contribution in [1.82, 2.24) is 5.32 Å². The van der Waals surface area contributed by atoms with Gasteiger partial charge in [-0.3, -0.25) is 10.1 Å². The maximum Gasteiger partial charge on any atom is 0.224 e. The zero-order valence-electron chi connectivity index (χ0n) is 24.1. The lowest BCUT2D eigenvalue weighted by atomic mass is 9.86. The predicted molar refractivity (Wildman–Crippen MR) is 167 cm³/mol. The van der Waals surface area contributed by atoms with Crippen molar-refractivity contribution in [2.24, 2.45) is 0 Å². The summed E-state index contributed by atoms with van der Waals surface area (Å²) in [7, 11) is 0.408. The Morgan fingerprint density at radius 1 is 1.03 bits per heavy atom. The van der Waals surface area contributed by atoms with Gasteiger partial charge in [-0.25, -0.2) is 8.42 Å². The third kappa shape index (κ3) is 8.54. The minimum Gasteiger partial charge on any atom is -0.378 e. The van der Waals surface area contributed by atoms with E-state index in [1.54, 1.807) is 6.07 Å². The van der Waals surface area contributed by atoms with Crippen LogP contribution in [0.15, 0.2) is 47.4 Å². The van der Waals surface area contributed by atoms with Gasteiger partial charge in [0, 0.05) is 42.8 Å². The SMILES string of the molecule is CCCCC1(CCCC)CS(=O)(=O)c2ccc(N(C)C)cc2C(c2cccc(NC(=O)CCCCCBr)c2)N1. The van der Waals surface area contributed by atoms with Crippen LogP contribution in [0.25, 0.3) is 0 Å². The Balaban J connectivity index is 2.07. The largest absolute Gasteiger partial charge is 0.378 e. The Kier molecular flexibility index (Phi) is 11.9. The summed E-state index contributed by atoms with van der Waals surface area (Å²) in [5, 5.41) is 7.93. The number of nitrogens with zero attached hydrogens (tertiary/aromatic N) is 1. The van der Waals surface area contributed by atoms with Crippen molar-refractivity contribution in [3.63, 3.8) is 0 Å². The lowest BCUT2D eigenvalue weighted by molar-refractivity contribution is -0.116. The lowest BCUT2D eigenvalue weighted by Crippen LogP contribution is -2.50. The Hall–Kier alpha value is -1.90. The normalized spacial score (nSPS) is 17.7. The van der Waals surface area contributed by atoms with E-state index in [-0.39, 0.29) is 17.7 Å². The van der Waals surface area contributed by atoms with Crippen LogP contribution in [0, 0.1) is 0 Å². The number of anilines is 2. The molecule has 1 heterocycles. The van der Waals surface area contributed by atoms with E-state index in [1.807, 2.05) is 55.4 Å². The lowest BCUT2D eigenvalue weighted by Gasteiger charge is -2.37. The summed E-state index contributed by atoms with van der Waals surface area (Å²) in [5.74, 6) is 0.101. The molecule has 1 aliphatic rings. The molecule has 2 aromatic rings. The first kappa shape index (κ1) is 31.6. The van der Waals surface area contributed by atoms with Gasteiger partial charge in [0.15, 0.2) is 9.84 Å². The number of rotatable bonds is 14. The van der Waals surface area contributed by atoms with Crippen LogP contribution >= 0.6 is 15.9 Å². The number of benzene rings is 2. The van der Waals surface area contributed by atoms with Crippen LogP contribution in [0.2, 0.25) is 0 Å². The molecule has 1 aliphatic heterocycles. The number of halogens is 1. The van der Waals surface area contributed by atoms with Gasteiger partial charge in [0.25, 0.3) is 0 Å². The molecule has 216 valence electrons. The summed E-state index contributed by atoms with van der Waals surface area (Å²) in [5.41, 5.74) is 2.90. The molecule has 0 fully saturated rings. The highest BCUT2D eigenvalue weighted by Crippen LogP contribution is 2.40. The molecule has 8 heteroatoms. The van der Waals surface area contributed by atoms with Crippen molar-refractivity contribution in [2.75, 3.05) is 35.4 Å². The Bertz CT molecular complexity index is 1190. The summed E-state index contributed by atoms with van der Waals surface area (Å²) in [4.78, 5) is 15.0. The number of hydrogen-bond acceptors (Lipinski definition) is 5. The number of hydrogen-bond donors (Lipinski definition) is 2. The van der Waals surface area contributed by atoms with Gasteiger partial charge in [0.1, 0.15) is 0 Å². The minimum absolute atomic E-state index is 0.00802. The van der Waals surface area contributed by atoms with Crippen molar-refractivity contribution < 1.29 is 13.2 Å². The molecule has 0 radical (unpaired) electrons. The third-order valence-electron chi connectivity index (χ3n) is 7.63. The molecule has 1 atom stereocenters. The van der Waals surface area contributed by atoms with E-state index in [1.165, 1.54) is 0 Å². The standard InChI is InChI=1S/C31H46BrN3O3S/c1-5-7-18-31(19-8-6-2)23-39(37,38)28-17-16-26(35(3)4)22-27(28)30(34-31)24-13-12-14-25(21-24)33-29(36)15-10-9-11-20-32/h12-14,16-17,21-22,30,34H,5-11,15,18-20,23H2,1-4H3,(H,33,36). The first-order chi connectivity index (χ1) is 18.6. The van der Waals surface area contributed by atoms with Crippen molar-refractivity contribution in [1.29, 1.82) is 0 Å². The molecule has 3 rings (SSSR count). The molecule has 0 spiro atoms. The molecule has 2 N–H and O–H groups in total. The maximum atomic E-state index is 13.9. The fourth-order valence-electron chi connectivity index (χ4n) is 5.47. The molecular formula is C31H46BrN3O3S. The topological polar surface area (TPSA) is 78.5 Å². The van der Waals surface area contributed by atoms with E-state index in [4.69, 9.17) is 0 Å². The van der Waals surface area contributed by atoms with Gasteiger partial charge in [0.05, 0.1) is 16.7 Å². The van der Waals surface area contributed by atoms with Gasteiger partial charge in [0.2, 0.25) is 5.91 Å². The predicted octanol–water partition coefficient (Wildman–Crippen LogP) is 7.23. The highest BCUT2D eigenvalue weighted by Gasteiger charge is 2.42. The molecular weight excluding hydrogens is 574 g/mol. The van der Waals surface area contributed by atoms with Crippen LogP contribution in [0.5, 0.6) is 0 Å². The second-order valence-corrected chi connectivity index (χ2v) is 13.9. The van der Waals surface area contributed by atoms with Crippen LogP contribution in [0.4, 0.5) is 11.4 Å². The molecule has 1 amide bonds. The van der Waals surface area contributed by atoms with Gasteiger partial charge in [-0.05, 0) is 67.1 Å². The number of amides is 1. The third-order valence-corrected chi connectivity index (χ3v) is 10.2. The number of fused-ring (bicyclic) bond motifs is 1. The van der Waals surface area contributed by atoms with E-state index in [0.29, 0.717) is 11.3 Å². The van der Waals surface area contributed by atoms with Crippen molar-refractivity contribution in [3.05, 3.63) is 53.6 Å². The van der Waals surface area contributed by atoms with Crippen molar-refractivity contribution in [2.45, 2.75) is 94.5 Å². The average molecular weight is 621 g/mol. The summed E-state index contributed by atoms with van der Waals surface area (Å²) < 4.78 is 27.9. The molecule has 0 aromatic heterocycles. The maximum absolute atomic E-state index is 13.9. The number of alkyl halides is 1. The van der Waals surface area contributed by atoms with Gasteiger partial charge < -0.3 is 10.2 Å². The van der Waals surface area contributed by atoms with Crippen LogP contribution in [-0.2, 0) is 14.6 Å². The first-order valence-corrected chi connectivity index (χ1v) is 17.2. The second kappa shape index (κ2) is 14.6. The van der Waals surface area contributed by atoms with Gasteiger partial charge in [-0.1, -0.05) is 74.0 Å². The monoisotopic (exact) mass is 619 g/mol. The Morgan fingerprint density at radius 2 is 1.74 bits per heavy atom. The number of nitrogens with one attached hydrogen (secondary N) is 2. The Morgan fingerprint density at radius 3 is 2.38 bits per heavy atom. The van der Waals surface area contributed by atoms with E-state index < -0.39 is 15.4 Å². The number of carbonyl (C=O) groups is 1. The quantitative estimate of drug-likeness (QED) is 0.172. The first-order valence-electron chi connectivity index (χ1n) is 14.4. The summed E-state index contributed by atoms with van der Waals surface area (Å²) in [6.07, 6.45) is 8.97. The average Bonchev–Trinajstić information content (AvgIpc) is 3.00. The number of sulfone groups is 1. The van der Waals surface area contributed by atoms with Crippen LogP contribution in [0.3, 0.4) is 0 Å². The molecule has 6 nitrogen and oxygen atoms in total.